The van der Waals surface area contributed by atoms with Gasteiger partial charge in [0.1, 0.15) is 11.2 Å². The summed E-state index contributed by atoms with van der Waals surface area (Å²) in [6, 6.07) is 19.2. The van der Waals surface area contributed by atoms with Crippen LogP contribution in [0.25, 0.3) is 23.3 Å². The van der Waals surface area contributed by atoms with Crippen LogP contribution in [0.4, 0.5) is 9.59 Å². The second-order valence-electron chi connectivity index (χ2n) is 25.9. The van der Waals surface area contributed by atoms with Crippen LogP contribution in [-0.4, -0.2) is 136 Å². The van der Waals surface area contributed by atoms with Gasteiger partial charge >= 0.3 is 18.2 Å². The lowest BCUT2D eigenvalue weighted by Crippen LogP contribution is -2.43. The van der Waals surface area contributed by atoms with E-state index in [0.29, 0.717) is 59.8 Å². The van der Waals surface area contributed by atoms with Crippen LogP contribution < -0.4 is 5.32 Å². The molecule has 2 unspecified atom stereocenters. The molecule has 88 heavy (non-hydrogen) atoms. The van der Waals surface area contributed by atoms with Crippen molar-refractivity contribution in [3.8, 4) is 0 Å². The number of carbonyl (C=O) groups excluding carboxylic acids is 3. The monoisotopic (exact) mass is 1260 g/mol. The Bertz CT molecular complexity index is 3430. The van der Waals surface area contributed by atoms with Gasteiger partial charge in [0, 0.05) is 128 Å². The second-order valence-corrected chi connectivity index (χ2v) is 26.8. The number of carboxylic acid groups (broad SMARTS) is 1. The summed E-state index contributed by atoms with van der Waals surface area (Å²) in [7, 11) is 0. The number of hydrogen-bond donors (Lipinski definition) is 2. The van der Waals surface area contributed by atoms with Crippen molar-refractivity contribution in [2.75, 3.05) is 52.4 Å². The molecule has 2 aliphatic carbocycles. The first-order valence-corrected chi connectivity index (χ1v) is 31.5. The number of likely N-dealkylation sites (tertiary alicyclic amines) is 3. The molecule has 2 aromatic carbocycles. The first-order valence-electron chi connectivity index (χ1n) is 30.8. The molecule has 4 saturated heterocycles. The van der Waals surface area contributed by atoms with E-state index < -0.39 is 17.2 Å². The predicted molar refractivity (Wildman–Crippen MR) is 346 cm³/mol. The minimum Gasteiger partial charge on any atom is -0.478 e. The molecule has 20 heteroatoms. The number of aromatic nitrogens is 6. The zero-order valence-electron chi connectivity index (χ0n) is 51.3. The van der Waals surface area contributed by atoms with Gasteiger partial charge in [-0.2, -0.15) is 0 Å². The number of rotatable bonds is 8. The Labute approximate surface area is 533 Å². The summed E-state index contributed by atoms with van der Waals surface area (Å²) in [5, 5.41) is 14.5. The number of aliphatic carboxylic acids is 1. The van der Waals surface area contributed by atoms with Crippen LogP contribution in [0.2, 0.25) is 10.0 Å². The number of piperidine rings is 4. The third kappa shape index (κ3) is 16.4. The molecule has 12 rings (SSSR count). The first-order chi connectivity index (χ1) is 41.7. The van der Waals surface area contributed by atoms with Gasteiger partial charge < -0.3 is 43.7 Å². The summed E-state index contributed by atoms with van der Waals surface area (Å²) in [5.74, 6) is 0.535. The van der Waals surface area contributed by atoms with Gasteiger partial charge in [0.2, 0.25) is 0 Å². The first kappa shape index (κ1) is 65.4. The molecule has 4 fully saturated rings. The molecule has 0 spiro atoms. The number of nitrogens with one attached hydrogen (secondary N) is 1. The Morgan fingerprint density at radius 3 is 1.53 bits per heavy atom. The number of hydrogen-bond acceptors (Lipinski definition) is 11. The van der Waals surface area contributed by atoms with E-state index in [9.17, 15) is 24.3 Å². The van der Waals surface area contributed by atoms with E-state index in [-0.39, 0.29) is 59.7 Å². The lowest BCUT2D eigenvalue weighted by molar-refractivity contribution is -0.130. The predicted octanol–water partition coefficient (Wildman–Crippen LogP) is 13.3. The standard InChI is InChI=1S/C34H40ClN5O3.C25H27ClN2O4.C9H15N3.ClH/c1-34(2,3)43-33(42)39-15-10-24(11-16-39)30-27-9-8-26(35)18-25(27)19-29(28-7-4-12-37-31(28)30)32(41)40-14-5-6-23(21-40)20-38-17-13-36-22-38;1-25(2,3)32-24(31)28-11-8-15(9-12-28)21-18-7-6-17(26)13-16(18)14-20(23(29)30)19-5-4-10-27-22(19)21;1-2-9(6-10-3-1)7-12-5-4-11-8-12;/h4,7-9,12-13,17-19,22-24,30H,5-6,10-11,14-16,20-21H2,1-3H3;4-7,10,13-15,21H,8-9,11-12H2,1-3H3,(H,29,30);4-5,8-10H,1-3,6-7H2;1H/t23-,30?;;9-;/m0.1./s1. The summed E-state index contributed by atoms with van der Waals surface area (Å²) in [6.45, 7) is 19.4. The summed E-state index contributed by atoms with van der Waals surface area (Å²) in [5.41, 5.74) is 6.92. The van der Waals surface area contributed by atoms with E-state index in [2.05, 4.69) is 35.5 Å². The molecule has 6 aliphatic rings. The van der Waals surface area contributed by atoms with Crippen LogP contribution in [0.1, 0.15) is 150 Å². The maximum absolute atomic E-state index is 14.3. The number of pyridine rings is 2. The Balaban J connectivity index is 0.000000179. The highest BCUT2D eigenvalue weighted by Crippen LogP contribution is 2.47. The number of benzene rings is 2. The number of fused-ring (bicyclic) bond motifs is 4. The topological polar surface area (TPSA) is 190 Å². The van der Waals surface area contributed by atoms with E-state index >= 15 is 0 Å². The Morgan fingerprint density at radius 2 is 1.08 bits per heavy atom. The number of ether oxygens (including phenoxy) is 2. The number of carbonyl (C=O) groups is 4. The summed E-state index contributed by atoms with van der Waals surface area (Å²) in [4.78, 5) is 75.1. The minimum atomic E-state index is -0.995. The van der Waals surface area contributed by atoms with Crippen LogP contribution in [0.15, 0.2) is 110 Å². The van der Waals surface area contributed by atoms with Crippen LogP contribution in [0.5, 0.6) is 0 Å². The van der Waals surface area contributed by atoms with Gasteiger partial charge in [0.15, 0.2) is 0 Å². The van der Waals surface area contributed by atoms with Crippen molar-refractivity contribution in [1.29, 1.82) is 0 Å². The molecular weight excluding hydrogens is 1180 g/mol. The number of imidazole rings is 2. The maximum Gasteiger partial charge on any atom is 0.410 e. The third-order valence-electron chi connectivity index (χ3n) is 17.3. The second kappa shape index (κ2) is 29.1. The average molecular weight is 1260 g/mol. The van der Waals surface area contributed by atoms with E-state index in [4.69, 9.17) is 37.7 Å². The van der Waals surface area contributed by atoms with Gasteiger partial charge in [-0.15, -0.1) is 12.4 Å². The van der Waals surface area contributed by atoms with Crippen LogP contribution >= 0.6 is 35.6 Å². The normalized spacial score (nSPS) is 20.4. The molecule has 4 aliphatic heterocycles. The van der Waals surface area contributed by atoms with Crippen molar-refractivity contribution in [1.82, 2.24) is 49.1 Å². The lowest BCUT2D eigenvalue weighted by atomic mass is 9.76. The third-order valence-corrected chi connectivity index (χ3v) is 17.7. The quantitative estimate of drug-likeness (QED) is 0.147. The minimum absolute atomic E-state index is 0. The number of amides is 3. The van der Waals surface area contributed by atoms with E-state index in [1.807, 2.05) is 143 Å². The van der Waals surface area contributed by atoms with Crippen molar-refractivity contribution in [2.24, 2.45) is 23.7 Å². The smallest absolute Gasteiger partial charge is 0.410 e. The Morgan fingerprint density at radius 1 is 0.602 bits per heavy atom. The highest BCUT2D eigenvalue weighted by molar-refractivity contribution is 6.31. The van der Waals surface area contributed by atoms with E-state index in [1.54, 1.807) is 29.4 Å². The summed E-state index contributed by atoms with van der Waals surface area (Å²) in [6.07, 6.45) is 26.0. The highest BCUT2D eigenvalue weighted by Gasteiger charge is 2.40. The zero-order chi connectivity index (χ0) is 61.4. The molecule has 0 saturated carbocycles. The zero-order valence-corrected chi connectivity index (χ0v) is 53.7. The van der Waals surface area contributed by atoms with Crippen molar-refractivity contribution < 1.29 is 33.8 Å². The van der Waals surface area contributed by atoms with Gasteiger partial charge in [0.05, 0.1) is 29.6 Å². The molecule has 6 aromatic rings. The van der Waals surface area contributed by atoms with Crippen molar-refractivity contribution in [2.45, 2.75) is 129 Å². The molecule has 17 nitrogen and oxygen atoms in total. The van der Waals surface area contributed by atoms with Crippen LogP contribution in [-0.2, 0) is 32.2 Å². The summed E-state index contributed by atoms with van der Waals surface area (Å²) < 4.78 is 15.4. The molecule has 4 atom stereocenters. The van der Waals surface area contributed by atoms with Crippen molar-refractivity contribution in [3.05, 3.63) is 165 Å². The molecule has 2 N–H and O–H groups in total. The molecule has 0 radical (unpaired) electrons. The fraction of sp³-hybridized carbons (Fsp3) is 0.471. The van der Waals surface area contributed by atoms with Gasteiger partial charge in [-0.05, 0) is 200 Å². The molecule has 8 heterocycles. The van der Waals surface area contributed by atoms with Gasteiger partial charge in [0.25, 0.3) is 5.91 Å². The fourth-order valence-electron chi connectivity index (χ4n) is 13.3. The van der Waals surface area contributed by atoms with Crippen LogP contribution in [0.3, 0.4) is 0 Å². The SMILES string of the molecule is CC(C)(C)OC(=O)N1CCC(C2c3ccc(Cl)cc3C=C(C(=O)N3CCC[C@@H](Cn4ccnc4)C3)c3cccnc32)CC1.CC(C)(C)OC(=O)N1CCC(C2c3ccc(Cl)cc3C=C(C(=O)O)c3cccnc32)CC1.Cl.c1cn(C[C@@H]2CCCNC2)cn1. The largest absolute Gasteiger partial charge is 0.478 e. The molecule has 3 amide bonds. The molecular formula is C68H83Cl3N10O7. The van der Waals surface area contributed by atoms with E-state index in [1.165, 1.54) is 19.4 Å². The van der Waals surface area contributed by atoms with Gasteiger partial charge in [-0.3, -0.25) is 14.8 Å². The number of carboxylic acids is 1. The Hall–Kier alpha value is -7.05. The molecule has 468 valence electrons. The number of nitrogens with zero attached hydrogens (tertiary/aromatic N) is 9. The Kier molecular flexibility index (Phi) is 21.6. The fourth-order valence-corrected chi connectivity index (χ4v) is 13.6. The average Bonchev–Trinajstić information content (AvgIpc) is 2.28. The summed E-state index contributed by atoms with van der Waals surface area (Å²) >= 11 is 12.8. The van der Waals surface area contributed by atoms with Crippen molar-refractivity contribution >= 4 is 83.0 Å². The van der Waals surface area contributed by atoms with Gasteiger partial charge in [-0.1, -0.05) is 47.5 Å². The van der Waals surface area contributed by atoms with Crippen molar-refractivity contribution in [3.63, 3.8) is 0 Å². The molecule has 4 aromatic heterocycles. The van der Waals surface area contributed by atoms with Gasteiger partial charge in [-0.25, -0.2) is 24.4 Å². The lowest BCUT2D eigenvalue weighted by Gasteiger charge is -2.37. The maximum atomic E-state index is 14.3. The van der Waals surface area contributed by atoms with Crippen LogP contribution in [0, 0.1) is 23.7 Å². The van der Waals surface area contributed by atoms with E-state index in [0.717, 1.165) is 110 Å². The molecule has 0 bridgehead atoms. The number of halogens is 3. The highest BCUT2D eigenvalue weighted by atomic mass is 35.5.